The minimum absolute atomic E-state index is 0.579. The van der Waals surface area contributed by atoms with Gasteiger partial charge in [0.1, 0.15) is 5.75 Å². The highest BCUT2D eigenvalue weighted by molar-refractivity contribution is 6.33. The third-order valence-electron chi connectivity index (χ3n) is 2.49. The van der Waals surface area contributed by atoms with Crippen LogP contribution in [0.1, 0.15) is 5.56 Å². The van der Waals surface area contributed by atoms with Gasteiger partial charge in [-0.2, -0.15) is 5.26 Å². The smallest absolute Gasteiger partial charge is 0.126 e. The predicted molar refractivity (Wildman–Crippen MR) is 68.2 cm³/mol. The number of nitrogens with zero attached hydrogens (tertiary/aromatic N) is 1. The van der Waals surface area contributed by atoms with Crippen LogP contribution in [0.4, 0.5) is 0 Å². The van der Waals surface area contributed by atoms with Crippen molar-refractivity contribution in [3.05, 3.63) is 53.1 Å². The van der Waals surface area contributed by atoms with E-state index in [9.17, 15) is 0 Å². The number of benzene rings is 2. The van der Waals surface area contributed by atoms with Crippen molar-refractivity contribution in [2.45, 2.75) is 0 Å². The fourth-order valence-corrected chi connectivity index (χ4v) is 1.89. The number of para-hydroxylation sites is 1. The van der Waals surface area contributed by atoms with Gasteiger partial charge in [0.2, 0.25) is 0 Å². The van der Waals surface area contributed by atoms with Crippen LogP contribution < -0.4 is 4.74 Å². The van der Waals surface area contributed by atoms with Crippen molar-refractivity contribution in [2.24, 2.45) is 0 Å². The molecule has 0 aliphatic carbocycles. The summed E-state index contributed by atoms with van der Waals surface area (Å²) in [7, 11) is 1.61. The minimum atomic E-state index is 0.579. The Morgan fingerprint density at radius 3 is 2.59 bits per heavy atom. The van der Waals surface area contributed by atoms with Crippen LogP contribution in [0.15, 0.2) is 42.5 Å². The Morgan fingerprint density at radius 1 is 1.12 bits per heavy atom. The lowest BCUT2D eigenvalue weighted by Gasteiger charge is -2.10. The molecule has 0 N–H and O–H groups in total. The molecule has 0 radical (unpaired) electrons. The molecule has 0 aromatic heterocycles. The largest absolute Gasteiger partial charge is 0.496 e. The molecule has 2 nitrogen and oxygen atoms in total. The van der Waals surface area contributed by atoms with Gasteiger partial charge in [-0.3, -0.25) is 0 Å². The number of halogens is 1. The molecule has 0 amide bonds. The summed E-state index contributed by atoms with van der Waals surface area (Å²) in [5.41, 5.74) is 2.27. The van der Waals surface area contributed by atoms with E-state index in [1.165, 1.54) is 0 Å². The van der Waals surface area contributed by atoms with E-state index in [4.69, 9.17) is 21.6 Å². The number of methoxy groups -OCH3 is 1. The third-order valence-corrected chi connectivity index (χ3v) is 2.82. The lowest BCUT2D eigenvalue weighted by Crippen LogP contribution is -1.88. The Bertz CT molecular complexity index is 587. The number of rotatable bonds is 2. The minimum Gasteiger partial charge on any atom is -0.496 e. The Morgan fingerprint density at radius 2 is 1.88 bits per heavy atom. The molecule has 17 heavy (non-hydrogen) atoms. The van der Waals surface area contributed by atoms with Gasteiger partial charge in [0.25, 0.3) is 0 Å². The van der Waals surface area contributed by atoms with Crippen molar-refractivity contribution in [3.63, 3.8) is 0 Å². The molecule has 0 bridgehead atoms. The first kappa shape index (κ1) is 11.5. The zero-order valence-electron chi connectivity index (χ0n) is 9.27. The van der Waals surface area contributed by atoms with Gasteiger partial charge < -0.3 is 4.74 Å². The average Bonchev–Trinajstić information content (AvgIpc) is 2.39. The van der Waals surface area contributed by atoms with Crippen LogP contribution >= 0.6 is 11.6 Å². The third kappa shape index (κ3) is 2.25. The quantitative estimate of drug-likeness (QED) is 0.802. The molecule has 0 unspecified atom stereocenters. The number of hydrogen-bond donors (Lipinski definition) is 0. The Balaban J connectivity index is 2.64. The molecular weight excluding hydrogens is 234 g/mol. The molecule has 0 fully saturated rings. The fraction of sp³-hybridized carbons (Fsp3) is 0.0714. The van der Waals surface area contributed by atoms with Crippen molar-refractivity contribution >= 4 is 11.6 Å². The van der Waals surface area contributed by atoms with Crippen molar-refractivity contribution in [2.75, 3.05) is 7.11 Å². The normalized spacial score (nSPS) is 9.71. The van der Waals surface area contributed by atoms with E-state index in [0.717, 1.165) is 16.9 Å². The highest BCUT2D eigenvalue weighted by Gasteiger charge is 2.09. The SMILES string of the molecule is COc1ccccc1-c1cc(C#N)ccc1Cl. The van der Waals surface area contributed by atoms with E-state index in [0.29, 0.717) is 10.6 Å². The summed E-state index contributed by atoms with van der Waals surface area (Å²) in [6.07, 6.45) is 0. The lowest BCUT2D eigenvalue weighted by molar-refractivity contribution is 0.416. The zero-order chi connectivity index (χ0) is 12.3. The molecule has 2 aromatic carbocycles. The molecule has 0 spiro atoms. The van der Waals surface area contributed by atoms with Crippen LogP contribution in [-0.4, -0.2) is 7.11 Å². The van der Waals surface area contributed by atoms with Crippen molar-refractivity contribution in [3.8, 4) is 22.9 Å². The first-order valence-electron chi connectivity index (χ1n) is 5.09. The van der Waals surface area contributed by atoms with Crippen molar-refractivity contribution in [1.82, 2.24) is 0 Å². The summed E-state index contributed by atoms with van der Waals surface area (Å²) < 4.78 is 5.29. The average molecular weight is 244 g/mol. The van der Waals surface area contributed by atoms with Crippen molar-refractivity contribution < 1.29 is 4.74 Å². The molecule has 2 rings (SSSR count). The zero-order valence-corrected chi connectivity index (χ0v) is 10.0. The van der Waals surface area contributed by atoms with Crippen LogP contribution in [0.2, 0.25) is 5.02 Å². The van der Waals surface area contributed by atoms with Gasteiger partial charge in [-0.25, -0.2) is 0 Å². The second kappa shape index (κ2) is 4.90. The molecule has 0 saturated carbocycles. The maximum absolute atomic E-state index is 8.90. The summed E-state index contributed by atoms with van der Waals surface area (Å²) in [5.74, 6) is 0.740. The highest BCUT2D eigenvalue weighted by Crippen LogP contribution is 2.34. The van der Waals surface area contributed by atoms with Gasteiger partial charge in [-0.15, -0.1) is 0 Å². The molecule has 3 heteroatoms. The summed E-state index contributed by atoms with van der Waals surface area (Å²) >= 11 is 6.15. The van der Waals surface area contributed by atoms with Crippen LogP contribution in [-0.2, 0) is 0 Å². The molecule has 0 saturated heterocycles. The summed E-state index contributed by atoms with van der Waals surface area (Å²) in [6.45, 7) is 0. The first-order valence-corrected chi connectivity index (χ1v) is 5.47. The van der Waals surface area contributed by atoms with Gasteiger partial charge in [-0.1, -0.05) is 29.8 Å². The summed E-state index contributed by atoms with van der Waals surface area (Å²) in [6, 6.07) is 14.9. The number of ether oxygens (including phenoxy) is 1. The summed E-state index contributed by atoms with van der Waals surface area (Å²) in [5, 5.41) is 9.51. The summed E-state index contributed by atoms with van der Waals surface area (Å²) in [4.78, 5) is 0. The Kier molecular flexibility index (Phi) is 3.32. The predicted octanol–water partition coefficient (Wildman–Crippen LogP) is 3.89. The van der Waals surface area contributed by atoms with E-state index in [1.54, 1.807) is 25.3 Å². The van der Waals surface area contributed by atoms with Gasteiger partial charge in [0.05, 0.1) is 18.7 Å². The van der Waals surface area contributed by atoms with E-state index in [-0.39, 0.29) is 0 Å². The molecule has 0 atom stereocenters. The maximum atomic E-state index is 8.90. The standard InChI is InChI=1S/C14H10ClNO/c1-17-14-5-3-2-4-11(14)12-8-10(9-16)6-7-13(12)15/h2-8H,1H3. The second-order valence-corrected chi connectivity index (χ2v) is 3.91. The van der Waals surface area contributed by atoms with E-state index < -0.39 is 0 Å². The molecule has 84 valence electrons. The monoisotopic (exact) mass is 243 g/mol. The lowest BCUT2D eigenvalue weighted by atomic mass is 10.0. The Hall–Kier alpha value is -1.98. The van der Waals surface area contributed by atoms with Gasteiger partial charge in [-0.05, 0) is 24.3 Å². The fourth-order valence-electron chi connectivity index (χ4n) is 1.67. The van der Waals surface area contributed by atoms with Crippen LogP contribution in [0.25, 0.3) is 11.1 Å². The van der Waals surface area contributed by atoms with Gasteiger partial charge in [0, 0.05) is 16.1 Å². The Labute approximate surface area is 105 Å². The van der Waals surface area contributed by atoms with Gasteiger partial charge >= 0.3 is 0 Å². The van der Waals surface area contributed by atoms with E-state index in [1.807, 2.05) is 24.3 Å². The second-order valence-electron chi connectivity index (χ2n) is 3.51. The molecule has 2 aromatic rings. The van der Waals surface area contributed by atoms with Crippen molar-refractivity contribution in [1.29, 1.82) is 5.26 Å². The molecular formula is C14H10ClNO. The van der Waals surface area contributed by atoms with Crippen LogP contribution in [0.5, 0.6) is 5.75 Å². The highest BCUT2D eigenvalue weighted by atomic mass is 35.5. The van der Waals surface area contributed by atoms with Gasteiger partial charge in [0.15, 0.2) is 0 Å². The number of hydrogen-bond acceptors (Lipinski definition) is 2. The molecule has 0 aliphatic heterocycles. The molecule has 0 aliphatic rings. The van der Waals surface area contributed by atoms with Crippen LogP contribution in [0, 0.1) is 11.3 Å². The van der Waals surface area contributed by atoms with E-state index in [2.05, 4.69) is 6.07 Å². The maximum Gasteiger partial charge on any atom is 0.126 e. The number of nitriles is 1. The van der Waals surface area contributed by atoms with Crippen LogP contribution in [0.3, 0.4) is 0 Å². The first-order chi connectivity index (χ1) is 8.26. The van der Waals surface area contributed by atoms with E-state index >= 15 is 0 Å². The topological polar surface area (TPSA) is 33.0 Å². The molecule has 0 heterocycles.